The summed E-state index contributed by atoms with van der Waals surface area (Å²) in [7, 11) is 0. The maximum absolute atomic E-state index is 12.3. The maximum Gasteiger partial charge on any atom is 0.406 e. The van der Waals surface area contributed by atoms with Crippen LogP contribution in [0.25, 0.3) is 0 Å². The van der Waals surface area contributed by atoms with Gasteiger partial charge >= 0.3 is 6.18 Å². The Bertz CT molecular complexity index is 449. The van der Waals surface area contributed by atoms with Gasteiger partial charge in [0.15, 0.2) is 0 Å². The second-order valence-corrected chi connectivity index (χ2v) is 4.40. The number of anilines is 1. The molecular formula is C13H17F3N2O2. The summed E-state index contributed by atoms with van der Waals surface area (Å²) >= 11 is 0. The molecule has 0 aliphatic carbocycles. The second kappa shape index (κ2) is 7.14. The smallest absolute Gasteiger partial charge is 0.399 e. The van der Waals surface area contributed by atoms with Gasteiger partial charge in [-0.25, -0.2) is 0 Å². The van der Waals surface area contributed by atoms with Crippen molar-refractivity contribution in [1.82, 2.24) is 4.90 Å². The Morgan fingerprint density at radius 3 is 2.60 bits per heavy atom. The molecule has 20 heavy (non-hydrogen) atoms. The molecule has 0 unspecified atom stereocenters. The summed E-state index contributed by atoms with van der Waals surface area (Å²) in [5, 5.41) is 8.73. The average Bonchev–Trinajstić information content (AvgIpc) is 2.34. The molecule has 0 aromatic heterocycles. The van der Waals surface area contributed by atoms with Gasteiger partial charge in [0.25, 0.3) is 0 Å². The number of aliphatic hydroxyl groups is 1. The number of hydrogen-bond acceptors (Lipinski definition) is 3. The first-order valence-corrected chi connectivity index (χ1v) is 6.11. The molecule has 1 aromatic carbocycles. The lowest BCUT2D eigenvalue weighted by atomic mass is 10.1. The van der Waals surface area contributed by atoms with E-state index < -0.39 is 25.2 Å². The number of rotatable bonds is 6. The predicted molar refractivity (Wildman–Crippen MR) is 68.9 cm³/mol. The van der Waals surface area contributed by atoms with Gasteiger partial charge in [0.05, 0.1) is 6.61 Å². The van der Waals surface area contributed by atoms with Crippen molar-refractivity contribution in [3.8, 4) is 0 Å². The third-order valence-corrected chi connectivity index (χ3v) is 2.67. The van der Waals surface area contributed by atoms with Gasteiger partial charge in [0.2, 0.25) is 5.91 Å². The quantitative estimate of drug-likeness (QED) is 0.782. The standard InChI is InChI=1S/C13H17F3N2O2/c14-13(15,16)9-18(6-7-19)12(20)5-4-10-2-1-3-11(17)8-10/h1-3,8,19H,4-7,9,17H2. The van der Waals surface area contributed by atoms with E-state index in [4.69, 9.17) is 10.8 Å². The lowest BCUT2D eigenvalue weighted by Crippen LogP contribution is -2.40. The summed E-state index contributed by atoms with van der Waals surface area (Å²) in [6.45, 7) is -2.17. The second-order valence-electron chi connectivity index (χ2n) is 4.40. The molecule has 0 aliphatic heterocycles. The molecule has 1 rings (SSSR count). The van der Waals surface area contributed by atoms with Crippen LogP contribution in [-0.4, -0.2) is 41.8 Å². The Morgan fingerprint density at radius 2 is 2.05 bits per heavy atom. The molecule has 4 nitrogen and oxygen atoms in total. The Labute approximate surface area is 115 Å². The van der Waals surface area contributed by atoms with Gasteiger partial charge in [0.1, 0.15) is 6.54 Å². The average molecular weight is 290 g/mol. The SMILES string of the molecule is Nc1cccc(CCC(=O)N(CCO)CC(F)(F)F)c1. The molecule has 1 amide bonds. The van der Waals surface area contributed by atoms with E-state index in [1.54, 1.807) is 24.3 Å². The summed E-state index contributed by atoms with van der Waals surface area (Å²) in [6.07, 6.45) is -4.22. The fourth-order valence-corrected chi connectivity index (χ4v) is 1.79. The van der Waals surface area contributed by atoms with E-state index in [1.165, 1.54) is 0 Å². The molecule has 0 atom stereocenters. The summed E-state index contributed by atoms with van der Waals surface area (Å²) in [5.41, 5.74) is 6.90. The largest absolute Gasteiger partial charge is 0.406 e. The van der Waals surface area contributed by atoms with Crippen molar-refractivity contribution in [2.24, 2.45) is 0 Å². The Morgan fingerprint density at radius 1 is 1.35 bits per heavy atom. The molecule has 112 valence electrons. The topological polar surface area (TPSA) is 66.6 Å². The summed E-state index contributed by atoms with van der Waals surface area (Å²) < 4.78 is 36.9. The predicted octanol–water partition coefficient (Wildman–Crippen LogP) is 1.58. The molecule has 0 radical (unpaired) electrons. The molecule has 0 saturated heterocycles. The van der Waals surface area contributed by atoms with Crippen LogP contribution in [0.1, 0.15) is 12.0 Å². The molecule has 0 aliphatic rings. The number of nitrogen functional groups attached to an aromatic ring is 1. The van der Waals surface area contributed by atoms with Crippen LogP contribution in [-0.2, 0) is 11.2 Å². The molecule has 7 heteroatoms. The van der Waals surface area contributed by atoms with E-state index >= 15 is 0 Å². The van der Waals surface area contributed by atoms with Crippen molar-refractivity contribution < 1.29 is 23.1 Å². The number of aliphatic hydroxyl groups excluding tert-OH is 1. The molecule has 0 spiro atoms. The van der Waals surface area contributed by atoms with Gasteiger partial charge < -0.3 is 15.7 Å². The first-order chi connectivity index (χ1) is 9.31. The van der Waals surface area contributed by atoms with Crippen molar-refractivity contribution in [2.75, 3.05) is 25.4 Å². The number of benzene rings is 1. The zero-order valence-corrected chi connectivity index (χ0v) is 10.9. The number of halogens is 3. The van der Waals surface area contributed by atoms with Crippen LogP contribution >= 0.6 is 0 Å². The maximum atomic E-state index is 12.3. The molecule has 3 N–H and O–H groups in total. The molecule has 1 aromatic rings. The minimum atomic E-state index is -4.47. The van der Waals surface area contributed by atoms with Gasteiger partial charge in [-0.05, 0) is 24.1 Å². The minimum absolute atomic E-state index is 0.0560. The number of carbonyl (C=O) groups is 1. The van der Waals surface area contributed by atoms with Crippen molar-refractivity contribution >= 4 is 11.6 Å². The van der Waals surface area contributed by atoms with Crippen LogP contribution < -0.4 is 5.73 Å². The normalized spacial score (nSPS) is 11.4. The van der Waals surface area contributed by atoms with Gasteiger partial charge in [-0.3, -0.25) is 4.79 Å². The third-order valence-electron chi connectivity index (χ3n) is 2.67. The first kappa shape index (κ1) is 16.3. The molecule has 0 bridgehead atoms. The number of hydrogen-bond donors (Lipinski definition) is 2. The number of aryl methyl sites for hydroxylation is 1. The van der Waals surface area contributed by atoms with Crippen molar-refractivity contribution in [3.63, 3.8) is 0 Å². The molecule has 0 fully saturated rings. The zero-order chi connectivity index (χ0) is 15.2. The lowest BCUT2D eigenvalue weighted by Gasteiger charge is -2.23. The molecule has 0 saturated carbocycles. The van der Waals surface area contributed by atoms with Crippen molar-refractivity contribution in [3.05, 3.63) is 29.8 Å². The fourth-order valence-electron chi connectivity index (χ4n) is 1.79. The van der Waals surface area contributed by atoms with E-state index in [9.17, 15) is 18.0 Å². The van der Waals surface area contributed by atoms with Crippen molar-refractivity contribution in [2.45, 2.75) is 19.0 Å². The highest BCUT2D eigenvalue weighted by atomic mass is 19.4. The van der Waals surface area contributed by atoms with Gasteiger partial charge in [0, 0.05) is 18.7 Å². The van der Waals surface area contributed by atoms with E-state index in [-0.39, 0.29) is 13.0 Å². The summed E-state index contributed by atoms with van der Waals surface area (Å²) in [6, 6.07) is 6.83. The number of nitrogens with two attached hydrogens (primary N) is 1. The summed E-state index contributed by atoms with van der Waals surface area (Å²) in [5.74, 6) is -0.640. The van der Waals surface area contributed by atoms with Gasteiger partial charge in [-0.15, -0.1) is 0 Å². The first-order valence-electron chi connectivity index (χ1n) is 6.11. The van der Waals surface area contributed by atoms with Crippen LogP contribution in [0.5, 0.6) is 0 Å². The van der Waals surface area contributed by atoms with E-state index in [0.717, 1.165) is 5.56 Å². The Kier molecular flexibility index (Phi) is 5.82. The lowest BCUT2D eigenvalue weighted by molar-refractivity contribution is -0.162. The van der Waals surface area contributed by atoms with Crippen LogP contribution in [0.2, 0.25) is 0 Å². The number of nitrogens with zero attached hydrogens (tertiary/aromatic N) is 1. The van der Waals surface area contributed by atoms with E-state index in [0.29, 0.717) is 17.0 Å². The molecule has 0 heterocycles. The fraction of sp³-hybridized carbons (Fsp3) is 0.462. The summed E-state index contributed by atoms with van der Waals surface area (Å²) in [4.78, 5) is 12.4. The number of alkyl halides is 3. The highest BCUT2D eigenvalue weighted by Gasteiger charge is 2.32. The van der Waals surface area contributed by atoms with Crippen LogP contribution in [0, 0.1) is 0 Å². The number of carbonyl (C=O) groups excluding carboxylic acids is 1. The minimum Gasteiger partial charge on any atom is -0.399 e. The van der Waals surface area contributed by atoms with Crippen LogP contribution in [0.4, 0.5) is 18.9 Å². The Hall–Kier alpha value is -1.76. The van der Waals surface area contributed by atoms with E-state index in [2.05, 4.69) is 0 Å². The Balaban J connectivity index is 2.58. The zero-order valence-electron chi connectivity index (χ0n) is 10.9. The van der Waals surface area contributed by atoms with Crippen molar-refractivity contribution in [1.29, 1.82) is 0 Å². The monoisotopic (exact) mass is 290 g/mol. The highest BCUT2D eigenvalue weighted by molar-refractivity contribution is 5.76. The number of amides is 1. The van der Waals surface area contributed by atoms with E-state index in [1.807, 2.05) is 0 Å². The third kappa shape index (κ3) is 5.92. The van der Waals surface area contributed by atoms with Gasteiger partial charge in [-0.1, -0.05) is 12.1 Å². The molecular weight excluding hydrogens is 273 g/mol. The van der Waals surface area contributed by atoms with Crippen LogP contribution in [0.15, 0.2) is 24.3 Å². The van der Waals surface area contributed by atoms with Crippen LogP contribution in [0.3, 0.4) is 0 Å². The van der Waals surface area contributed by atoms with Gasteiger partial charge in [-0.2, -0.15) is 13.2 Å². The highest BCUT2D eigenvalue weighted by Crippen LogP contribution is 2.17.